The fourth-order valence-electron chi connectivity index (χ4n) is 21.0. The molecule has 8 nitrogen and oxygen atoms in total. The van der Waals surface area contributed by atoms with Gasteiger partial charge in [0.1, 0.15) is 24.3 Å². The second-order valence-corrected chi connectivity index (χ2v) is 30.4. The topological polar surface area (TPSA) is 115 Å². The zero-order valence-electron chi connectivity index (χ0n) is 59.4. The number of fused-ring (bicyclic) bond motifs is 28. The van der Waals surface area contributed by atoms with E-state index in [9.17, 15) is 21.0 Å². The molecule has 22 aromatic rings. The third-order valence-electron chi connectivity index (χ3n) is 25.4. The van der Waals surface area contributed by atoms with E-state index in [2.05, 4.69) is 322 Å². The molecule has 0 radical (unpaired) electrons. The molecule has 0 spiro atoms. The fraction of sp³-hybridized carbons (Fsp3) is 0. The first-order valence-corrected chi connectivity index (χ1v) is 37.9. The van der Waals surface area contributed by atoms with Crippen molar-refractivity contribution in [3.05, 3.63) is 326 Å². The first-order chi connectivity index (χ1) is 55.4. The lowest BCUT2D eigenvalue weighted by Crippen LogP contribution is -2.06. The van der Waals surface area contributed by atoms with Gasteiger partial charge in [0.05, 0.1) is 89.1 Å². The second kappa shape index (κ2) is 21.1. The van der Waals surface area contributed by atoms with E-state index in [0.29, 0.717) is 28.1 Å². The average molecular weight is 1410 g/mol. The SMILES string of the molecule is N#Cc1cc(-n2c3ccccc3c3cc4c5c(cccc5c32)-c2ccccc2-4)c(-n2c3ccc(-c4ccc5c(c4)c4cc6c7c(cccc7c4n5-c4cc(C#N)c(-n5c7ccccc7c7cc8c9c(cccc9c75)-c5ccccc5-8)cc4C#N)-c4ccccc4-6)cc3c3cc4c5c(cccc5c32)-c2ccccc2-4)cc1C#N. The Balaban J connectivity index is 0.730. The molecule has 18 aromatic carbocycles. The number of rotatable bonds is 5. The molecule has 0 saturated carbocycles. The van der Waals surface area contributed by atoms with Crippen molar-refractivity contribution in [2.75, 3.05) is 0 Å². The van der Waals surface area contributed by atoms with Crippen molar-refractivity contribution < 1.29 is 0 Å². The van der Waals surface area contributed by atoms with Gasteiger partial charge in [-0.3, -0.25) is 0 Å². The predicted octanol–water partition coefficient (Wildman–Crippen LogP) is 26.4. The van der Waals surface area contributed by atoms with Crippen LogP contribution in [0.25, 0.3) is 253 Å². The molecule has 0 bridgehead atoms. The molecular weight excluding hydrogens is 1360 g/mol. The van der Waals surface area contributed by atoms with Crippen LogP contribution in [0.3, 0.4) is 0 Å². The quantitative estimate of drug-likeness (QED) is 0.171. The number of nitriles is 4. The van der Waals surface area contributed by atoms with E-state index in [1.807, 2.05) is 24.3 Å². The van der Waals surface area contributed by atoms with E-state index in [4.69, 9.17) is 0 Å². The first kappa shape index (κ1) is 59.3. The molecule has 4 aliphatic rings. The normalized spacial score (nSPS) is 12.4. The van der Waals surface area contributed by atoms with Gasteiger partial charge in [-0.25, -0.2) is 0 Å². The smallest absolute Gasteiger partial charge is 0.101 e. The number of aromatic nitrogens is 4. The van der Waals surface area contributed by atoms with Crippen LogP contribution >= 0.6 is 0 Å². The molecule has 0 amide bonds. The summed E-state index contributed by atoms with van der Waals surface area (Å²) in [7, 11) is 0. The van der Waals surface area contributed by atoms with E-state index < -0.39 is 0 Å². The lowest BCUT2D eigenvalue weighted by Gasteiger charge is -2.19. The third-order valence-corrected chi connectivity index (χ3v) is 25.4. The minimum absolute atomic E-state index is 0.283. The van der Waals surface area contributed by atoms with Gasteiger partial charge in [-0.15, -0.1) is 0 Å². The summed E-state index contributed by atoms with van der Waals surface area (Å²) in [5, 5.41) is 63.7. The maximum atomic E-state index is 11.9. The number of nitrogens with zero attached hydrogens (tertiary/aromatic N) is 8. The Hall–Kier alpha value is -15.8. The molecule has 0 N–H and O–H groups in total. The van der Waals surface area contributed by atoms with Crippen LogP contribution in [0.5, 0.6) is 0 Å². The molecule has 0 aliphatic heterocycles. The highest BCUT2D eigenvalue weighted by Crippen LogP contribution is 2.58. The summed E-state index contributed by atoms with van der Waals surface area (Å²) in [4.78, 5) is 0. The van der Waals surface area contributed by atoms with Crippen LogP contribution < -0.4 is 0 Å². The van der Waals surface area contributed by atoms with Gasteiger partial charge in [0.15, 0.2) is 0 Å². The Morgan fingerprint density at radius 3 is 0.723 bits per heavy atom. The highest BCUT2D eigenvalue weighted by molar-refractivity contribution is 6.33. The van der Waals surface area contributed by atoms with Gasteiger partial charge in [-0.1, -0.05) is 218 Å². The molecule has 0 saturated heterocycles. The van der Waals surface area contributed by atoms with Crippen molar-refractivity contribution in [3.8, 4) is 147 Å². The standard InChI is InChI=1S/C104H50N8/c105-51-57-43-95(111-90-36-12-10-26-70(90)86-48-82-66-22-6-2-18-62(66)72-28-14-32-76(98(72)82)102(86)111)96(44-58(57)52-106)112-92-40-38-56(42-80(92)88-50-84-68-24-8-4-20-64(68)74-30-16-34-78(100(74)84)104(88)112)55-37-39-91-79(41-55)87-49-83-67-23-7-3-19-63(67)73-29-15-33-77(99(73)83)103(87)110(91)94-46-59(53-107)93(45-60(94)54-108)109-89-35-11-9-25-69(89)85-47-81-65-21-5-1-17-61(65)71-27-13-31-75(97(71)81)101(85)109/h1-50H. The number of para-hydroxylation sites is 2. The molecular formula is C104H50N8. The van der Waals surface area contributed by atoms with Crippen LogP contribution in [0.4, 0.5) is 0 Å². The van der Waals surface area contributed by atoms with Crippen molar-refractivity contribution in [3.63, 3.8) is 0 Å². The second-order valence-electron chi connectivity index (χ2n) is 30.4. The highest BCUT2D eigenvalue weighted by atomic mass is 15.1. The molecule has 0 unspecified atom stereocenters. The molecule has 0 atom stereocenters. The van der Waals surface area contributed by atoms with E-state index in [0.717, 1.165) is 153 Å². The number of benzene rings is 18. The van der Waals surface area contributed by atoms with Crippen LogP contribution in [-0.4, -0.2) is 18.3 Å². The summed E-state index contributed by atoms with van der Waals surface area (Å²) in [6, 6.07) is 120. The maximum absolute atomic E-state index is 11.9. The monoisotopic (exact) mass is 1410 g/mol. The minimum atomic E-state index is 0.283. The molecule has 0 fully saturated rings. The Morgan fingerprint density at radius 1 is 0.170 bits per heavy atom. The average Bonchev–Trinajstić information content (AvgIpc) is 1.54. The van der Waals surface area contributed by atoms with E-state index >= 15 is 0 Å². The summed E-state index contributed by atoms with van der Waals surface area (Å²) in [6.07, 6.45) is 0. The van der Waals surface area contributed by atoms with Gasteiger partial charge >= 0.3 is 0 Å². The van der Waals surface area contributed by atoms with Crippen molar-refractivity contribution >= 4 is 130 Å². The van der Waals surface area contributed by atoms with Crippen LogP contribution in [0.1, 0.15) is 22.3 Å². The molecule has 8 heteroatoms. The lowest BCUT2D eigenvalue weighted by molar-refractivity contribution is 1.09. The van der Waals surface area contributed by atoms with Crippen LogP contribution in [0, 0.1) is 45.3 Å². The highest BCUT2D eigenvalue weighted by Gasteiger charge is 2.34. The van der Waals surface area contributed by atoms with E-state index in [1.165, 1.54) is 88.5 Å². The predicted molar refractivity (Wildman–Crippen MR) is 456 cm³/mol. The van der Waals surface area contributed by atoms with Crippen LogP contribution in [0.15, 0.2) is 303 Å². The fourth-order valence-corrected chi connectivity index (χ4v) is 21.0. The number of hydrogen-bond acceptors (Lipinski definition) is 4. The van der Waals surface area contributed by atoms with Gasteiger partial charge in [0.25, 0.3) is 0 Å². The third kappa shape index (κ3) is 7.23. The maximum Gasteiger partial charge on any atom is 0.101 e. The van der Waals surface area contributed by atoms with E-state index in [1.54, 1.807) is 0 Å². The molecule has 26 rings (SSSR count). The minimum Gasteiger partial charge on any atom is -0.307 e. The Morgan fingerprint density at radius 2 is 0.411 bits per heavy atom. The summed E-state index contributed by atoms with van der Waals surface area (Å²) in [6.45, 7) is 0. The van der Waals surface area contributed by atoms with Gasteiger partial charge in [0.2, 0.25) is 0 Å². The molecule has 4 heterocycles. The van der Waals surface area contributed by atoms with Gasteiger partial charge in [-0.05, 0) is 207 Å². The van der Waals surface area contributed by atoms with Crippen molar-refractivity contribution in [2.24, 2.45) is 0 Å². The largest absolute Gasteiger partial charge is 0.307 e. The number of hydrogen-bond donors (Lipinski definition) is 0. The van der Waals surface area contributed by atoms with Crippen LogP contribution in [0.2, 0.25) is 0 Å². The first-order valence-electron chi connectivity index (χ1n) is 37.9. The zero-order valence-corrected chi connectivity index (χ0v) is 59.4. The van der Waals surface area contributed by atoms with Crippen molar-refractivity contribution in [1.82, 2.24) is 18.3 Å². The Bertz CT molecular complexity index is 8570. The van der Waals surface area contributed by atoms with Crippen molar-refractivity contribution in [1.29, 1.82) is 21.0 Å². The summed E-state index contributed by atoms with van der Waals surface area (Å²) in [5.74, 6) is 0. The molecule has 4 aromatic heterocycles. The van der Waals surface area contributed by atoms with Gasteiger partial charge in [-0.2, -0.15) is 21.0 Å². The van der Waals surface area contributed by atoms with Gasteiger partial charge in [0, 0.05) is 64.6 Å². The Kier molecular flexibility index (Phi) is 11.2. The molecule has 506 valence electrons. The summed E-state index contributed by atoms with van der Waals surface area (Å²) >= 11 is 0. The van der Waals surface area contributed by atoms with Crippen LogP contribution in [-0.2, 0) is 0 Å². The lowest BCUT2D eigenvalue weighted by atomic mass is 9.96. The molecule has 112 heavy (non-hydrogen) atoms. The van der Waals surface area contributed by atoms with Gasteiger partial charge < -0.3 is 18.3 Å². The summed E-state index contributed by atoms with van der Waals surface area (Å²) in [5.41, 5.74) is 32.9. The zero-order chi connectivity index (χ0) is 73.4. The molecule has 4 aliphatic carbocycles. The summed E-state index contributed by atoms with van der Waals surface area (Å²) < 4.78 is 9.23. The van der Waals surface area contributed by atoms with E-state index in [-0.39, 0.29) is 5.56 Å². The Labute approximate surface area is 638 Å². The van der Waals surface area contributed by atoms with Crippen molar-refractivity contribution in [2.45, 2.75) is 0 Å².